The van der Waals surface area contributed by atoms with E-state index in [0.29, 0.717) is 5.69 Å². The van der Waals surface area contributed by atoms with Crippen molar-refractivity contribution in [3.05, 3.63) is 58.9 Å². The number of nitrogens with one attached hydrogen (secondary N) is 1. The molecule has 0 fully saturated rings. The molecule has 1 N–H and O–H groups in total. The molecule has 25 heavy (non-hydrogen) atoms. The lowest BCUT2D eigenvalue weighted by atomic mass is 10.2. The lowest BCUT2D eigenvalue weighted by Crippen LogP contribution is -2.21. The molecule has 1 amide bonds. The van der Waals surface area contributed by atoms with Crippen LogP contribution in [0.4, 0.5) is 5.69 Å². The SMILES string of the molecule is CCOC(=O)c1cc(NC(=O)COC(=O)c2cccnc2)ccc1Cl. The molecular formula is C17H15ClN2O5. The Morgan fingerprint density at radius 2 is 1.96 bits per heavy atom. The van der Waals surface area contributed by atoms with Crippen LogP contribution in [0.5, 0.6) is 0 Å². The third-order valence-corrected chi connectivity index (χ3v) is 3.31. The van der Waals surface area contributed by atoms with Crippen LogP contribution in [0.2, 0.25) is 5.02 Å². The molecule has 2 rings (SSSR count). The topological polar surface area (TPSA) is 94.6 Å². The first-order valence-corrected chi connectivity index (χ1v) is 7.72. The number of carbonyl (C=O) groups excluding carboxylic acids is 3. The van der Waals surface area contributed by atoms with Gasteiger partial charge >= 0.3 is 11.9 Å². The van der Waals surface area contributed by atoms with Crippen LogP contribution in [0.15, 0.2) is 42.7 Å². The van der Waals surface area contributed by atoms with E-state index in [1.165, 1.54) is 36.7 Å². The first kappa shape index (κ1) is 18.4. The van der Waals surface area contributed by atoms with Crippen molar-refractivity contribution >= 4 is 35.1 Å². The molecule has 0 spiro atoms. The van der Waals surface area contributed by atoms with Crippen molar-refractivity contribution in [3.63, 3.8) is 0 Å². The number of ether oxygens (including phenoxy) is 2. The standard InChI is InChI=1S/C17H15ClN2O5/c1-2-24-17(23)13-8-12(5-6-14(13)18)20-15(21)10-25-16(22)11-4-3-7-19-9-11/h3-9H,2,10H2,1H3,(H,20,21). The van der Waals surface area contributed by atoms with E-state index in [1.807, 2.05) is 0 Å². The Morgan fingerprint density at radius 3 is 2.64 bits per heavy atom. The molecule has 0 unspecified atom stereocenters. The van der Waals surface area contributed by atoms with Gasteiger partial charge in [-0.1, -0.05) is 11.6 Å². The number of benzene rings is 1. The molecule has 0 saturated heterocycles. The fourth-order valence-corrected chi connectivity index (χ4v) is 2.06. The number of halogens is 1. The zero-order chi connectivity index (χ0) is 18.2. The normalized spacial score (nSPS) is 10.0. The third kappa shape index (κ3) is 5.29. The van der Waals surface area contributed by atoms with Gasteiger partial charge in [-0.05, 0) is 37.3 Å². The van der Waals surface area contributed by atoms with E-state index in [-0.39, 0.29) is 22.8 Å². The molecule has 1 heterocycles. The van der Waals surface area contributed by atoms with Crippen molar-refractivity contribution in [2.24, 2.45) is 0 Å². The highest BCUT2D eigenvalue weighted by atomic mass is 35.5. The van der Waals surface area contributed by atoms with Crippen LogP contribution < -0.4 is 5.32 Å². The highest BCUT2D eigenvalue weighted by Crippen LogP contribution is 2.21. The number of hydrogen-bond donors (Lipinski definition) is 1. The summed E-state index contributed by atoms with van der Waals surface area (Å²) in [6.07, 6.45) is 2.86. The molecule has 0 radical (unpaired) electrons. The number of rotatable bonds is 6. The van der Waals surface area contributed by atoms with E-state index in [9.17, 15) is 14.4 Å². The maximum absolute atomic E-state index is 11.9. The van der Waals surface area contributed by atoms with Gasteiger partial charge in [0.15, 0.2) is 6.61 Å². The largest absolute Gasteiger partial charge is 0.462 e. The van der Waals surface area contributed by atoms with Crippen LogP contribution >= 0.6 is 11.6 Å². The van der Waals surface area contributed by atoms with Gasteiger partial charge in [-0.3, -0.25) is 9.78 Å². The van der Waals surface area contributed by atoms with Crippen LogP contribution in [0, 0.1) is 0 Å². The lowest BCUT2D eigenvalue weighted by molar-refractivity contribution is -0.119. The monoisotopic (exact) mass is 362 g/mol. The maximum atomic E-state index is 11.9. The molecule has 0 saturated carbocycles. The summed E-state index contributed by atoms with van der Waals surface area (Å²) in [4.78, 5) is 39.2. The van der Waals surface area contributed by atoms with E-state index in [2.05, 4.69) is 10.3 Å². The second-order valence-electron chi connectivity index (χ2n) is 4.78. The van der Waals surface area contributed by atoms with Gasteiger partial charge < -0.3 is 14.8 Å². The molecule has 1 aromatic heterocycles. The van der Waals surface area contributed by atoms with Crippen molar-refractivity contribution in [2.75, 3.05) is 18.5 Å². The number of hydrogen-bond acceptors (Lipinski definition) is 6. The lowest BCUT2D eigenvalue weighted by Gasteiger charge is -2.09. The van der Waals surface area contributed by atoms with E-state index < -0.39 is 24.5 Å². The maximum Gasteiger partial charge on any atom is 0.340 e. The second-order valence-corrected chi connectivity index (χ2v) is 5.19. The summed E-state index contributed by atoms with van der Waals surface area (Å²) in [7, 11) is 0. The highest BCUT2D eigenvalue weighted by Gasteiger charge is 2.14. The van der Waals surface area contributed by atoms with Gasteiger partial charge in [-0.15, -0.1) is 0 Å². The van der Waals surface area contributed by atoms with Gasteiger partial charge in [0.2, 0.25) is 0 Å². The third-order valence-electron chi connectivity index (χ3n) is 2.98. The molecule has 0 aliphatic carbocycles. The van der Waals surface area contributed by atoms with Crippen molar-refractivity contribution in [3.8, 4) is 0 Å². The van der Waals surface area contributed by atoms with Crippen molar-refractivity contribution in [1.82, 2.24) is 4.98 Å². The molecule has 2 aromatic rings. The number of amides is 1. The second kappa shape index (κ2) is 8.79. The van der Waals surface area contributed by atoms with Crippen LogP contribution in [-0.2, 0) is 14.3 Å². The Morgan fingerprint density at radius 1 is 1.16 bits per heavy atom. The minimum absolute atomic E-state index is 0.133. The zero-order valence-electron chi connectivity index (χ0n) is 13.3. The summed E-state index contributed by atoms with van der Waals surface area (Å²) in [5.41, 5.74) is 0.704. The average molecular weight is 363 g/mol. The van der Waals surface area contributed by atoms with Crippen molar-refractivity contribution in [1.29, 1.82) is 0 Å². The number of aromatic nitrogens is 1. The molecule has 0 atom stereocenters. The van der Waals surface area contributed by atoms with Crippen LogP contribution in [0.25, 0.3) is 0 Å². The summed E-state index contributed by atoms with van der Waals surface area (Å²) >= 11 is 5.95. The number of nitrogens with zero attached hydrogens (tertiary/aromatic N) is 1. The summed E-state index contributed by atoms with van der Waals surface area (Å²) < 4.78 is 9.78. The van der Waals surface area contributed by atoms with Gasteiger partial charge in [0.25, 0.3) is 5.91 Å². The minimum atomic E-state index is -0.661. The Bertz CT molecular complexity index is 780. The quantitative estimate of drug-likeness (QED) is 0.794. The van der Waals surface area contributed by atoms with Gasteiger partial charge in [-0.2, -0.15) is 0 Å². The molecule has 1 aromatic carbocycles. The number of pyridine rings is 1. The van der Waals surface area contributed by atoms with Crippen LogP contribution in [0.1, 0.15) is 27.6 Å². The summed E-state index contributed by atoms with van der Waals surface area (Å²) in [5, 5.41) is 2.72. The molecule has 7 nitrogen and oxygen atoms in total. The fourth-order valence-electron chi connectivity index (χ4n) is 1.86. The first-order valence-electron chi connectivity index (χ1n) is 7.35. The summed E-state index contributed by atoms with van der Waals surface area (Å²) in [6, 6.07) is 7.48. The average Bonchev–Trinajstić information content (AvgIpc) is 2.62. The number of carbonyl (C=O) groups is 3. The van der Waals surface area contributed by atoms with E-state index in [0.717, 1.165) is 0 Å². The van der Waals surface area contributed by atoms with Crippen molar-refractivity contribution in [2.45, 2.75) is 6.92 Å². The van der Waals surface area contributed by atoms with Gasteiger partial charge in [0.1, 0.15) is 0 Å². The zero-order valence-corrected chi connectivity index (χ0v) is 14.1. The predicted molar refractivity (Wildman–Crippen MR) is 90.6 cm³/mol. The summed E-state index contributed by atoms with van der Waals surface area (Å²) in [5.74, 6) is -1.81. The van der Waals surface area contributed by atoms with Crippen molar-refractivity contribution < 1.29 is 23.9 Å². The Balaban J connectivity index is 1.95. The molecule has 130 valence electrons. The Labute approximate surface area is 148 Å². The molecule has 0 bridgehead atoms. The van der Waals surface area contributed by atoms with Gasteiger partial charge in [0.05, 0.1) is 22.8 Å². The van der Waals surface area contributed by atoms with E-state index in [4.69, 9.17) is 21.1 Å². The number of anilines is 1. The highest BCUT2D eigenvalue weighted by molar-refractivity contribution is 6.33. The van der Waals surface area contributed by atoms with Gasteiger partial charge in [0, 0.05) is 18.1 Å². The Hall–Kier alpha value is -2.93. The molecular weight excluding hydrogens is 348 g/mol. The minimum Gasteiger partial charge on any atom is -0.462 e. The van der Waals surface area contributed by atoms with Crippen LogP contribution in [0.3, 0.4) is 0 Å². The molecule has 0 aliphatic heterocycles. The molecule has 0 aliphatic rings. The predicted octanol–water partition coefficient (Wildman–Crippen LogP) is 2.71. The first-order chi connectivity index (χ1) is 12.0. The van der Waals surface area contributed by atoms with Gasteiger partial charge in [-0.25, -0.2) is 9.59 Å². The molecule has 8 heteroatoms. The fraction of sp³-hybridized carbons (Fsp3) is 0.176. The Kier molecular flexibility index (Phi) is 6.47. The summed E-state index contributed by atoms with van der Waals surface area (Å²) in [6.45, 7) is 1.40. The smallest absolute Gasteiger partial charge is 0.340 e. The van der Waals surface area contributed by atoms with Crippen LogP contribution in [-0.4, -0.2) is 36.0 Å². The van der Waals surface area contributed by atoms with E-state index >= 15 is 0 Å². The van der Waals surface area contributed by atoms with E-state index in [1.54, 1.807) is 13.0 Å². The number of esters is 2.